The Morgan fingerprint density at radius 1 is 0.882 bits per heavy atom. The van der Waals surface area contributed by atoms with E-state index in [1.54, 1.807) is 55.5 Å². The Hall–Kier alpha value is -4.33. The maximum absolute atomic E-state index is 12.8. The molecule has 0 saturated heterocycles. The van der Waals surface area contributed by atoms with Crippen LogP contribution in [0.1, 0.15) is 35.8 Å². The van der Waals surface area contributed by atoms with Crippen LogP contribution in [-0.2, 0) is 9.53 Å². The summed E-state index contributed by atoms with van der Waals surface area (Å²) < 4.78 is 10.4. The van der Waals surface area contributed by atoms with E-state index >= 15 is 0 Å². The molecule has 0 aliphatic heterocycles. The van der Waals surface area contributed by atoms with Crippen LogP contribution >= 0.6 is 0 Å². The molecule has 0 aliphatic carbocycles. The molecule has 8 heteroatoms. The number of ether oxygens (including phenoxy) is 2. The van der Waals surface area contributed by atoms with E-state index in [1.807, 2.05) is 37.3 Å². The van der Waals surface area contributed by atoms with Gasteiger partial charge in [0.05, 0.1) is 23.9 Å². The first-order chi connectivity index (χ1) is 16.5. The van der Waals surface area contributed by atoms with E-state index in [2.05, 4.69) is 16.0 Å². The molecule has 0 aromatic heterocycles. The molecular weight excluding hydrogens is 434 g/mol. The molecule has 0 spiro atoms. The minimum Gasteiger partial charge on any atom is -0.484 e. The van der Waals surface area contributed by atoms with Crippen LogP contribution in [0.25, 0.3) is 0 Å². The minimum atomic E-state index is -0.575. The van der Waals surface area contributed by atoms with Gasteiger partial charge in [-0.2, -0.15) is 0 Å². The molecule has 0 aliphatic rings. The van der Waals surface area contributed by atoms with Crippen LogP contribution in [0.5, 0.6) is 5.75 Å². The standard InChI is InChI=1S/C26H27N3O5/c1-3-33-26(32)28-20-12-9-13-21(16-20)34-17-24(30)29-23-15-8-7-14-22(23)25(31)27-18(2)19-10-5-4-6-11-19/h4-16,18H,3,17H2,1-2H3,(H,27,31)(H,28,32)(H,29,30). The Bertz CT molecular complexity index is 1130. The van der Waals surface area contributed by atoms with Crippen molar-refractivity contribution in [3.05, 3.63) is 90.0 Å². The van der Waals surface area contributed by atoms with Gasteiger partial charge in [-0.25, -0.2) is 4.79 Å². The van der Waals surface area contributed by atoms with Crippen molar-refractivity contribution in [2.24, 2.45) is 0 Å². The maximum Gasteiger partial charge on any atom is 0.411 e. The molecule has 1 unspecified atom stereocenters. The highest BCUT2D eigenvalue weighted by Gasteiger charge is 2.16. The van der Waals surface area contributed by atoms with Crippen LogP contribution in [-0.4, -0.2) is 31.1 Å². The van der Waals surface area contributed by atoms with Crippen LogP contribution < -0.4 is 20.7 Å². The molecular formula is C26H27N3O5. The Balaban J connectivity index is 1.58. The summed E-state index contributed by atoms with van der Waals surface area (Å²) in [7, 11) is 0. The SMILES string of the molecule is CCOC(=O)Nc1cccc(OCC(=O)Nc2ccccc2C(=O)NC(C)c2ccccc2)c1. The summed E-state index contributed by atoms with van der Waals surface area (Å²) in [6, 6.07) is 22.8. The molecule has 1 atom stereocenters. The Morgan fingerprint density at radius 2 is 1.62 bits per heavy atom. The molecule has 0 fully saturated rings. The number of para-hydroxylation sites is 1. The second-order valence-corrected chi connectivity index (χ2v) is 7.36. The predicted octanol–water partition coefficient (Wildman–Crippen LogP) is 4.76. The highest BCUT2D eigenvalue weighted by molar-refractivity contribution is 6.04. The van der Waals surface area contributed by atoms with Crippen molar-refractivity contribution in [3.63, 3.8) is 0 Å². The molecule has 3 N–H and O–H groups in total. The van der Waals surface area contributed by atoms with Crippen molar-refractivity contribution < 1.29 is 23.9 Å². The molecule has 0 radical (unpaired) electrons. The molecule has 3 rings (SSSR count). The summed E-state index contributed by atoms with van der Waals surface area (Å²) in [5.41, 5.74) is 2.18. The van der Waals surface area contributed by atoms with Gasteiger partial charge in [-0.05, 0) is 43.7 Å². The number of hydrogen-bond acceptors (Lipinski definition) is 5. The van der Waals surface area contributed by atoms with Crippen molar-refractivity contribution in [2.75, 3.05) is 23.8 Å². The highest BCUT2D eigenvalue weighted by atomic mass is 16.5. The van der Waals surface area contributed by atoms with Crippen molar-refractivity contribution in [3.8, 4) is 5.75 Å². The average molecular weight is 462 g/mol. The lowest BCUT2D eigenvalue weighted by molar-refractivity contribution is -0.118. The smallest absolute Gasteiger partial charge is 0.411 e. The lowest BCUT2D eigenvalue weighted by atomic mass is 10.1. The molecule has 3 aromatic carbocycles. The lowest BCUT2D eigenvalue weighted by Gasteiger charge is -2.16. The Kier molecular flexibility index (Phi) is 8.62. The molecule has 0 heterocycles. The van der Waals surface area contributed by atoms with Gasteiger partial charge in [0.1, 0.15) is 5.75 Å². The van der Waals surface area contributed by atoms with Crippen molar-refractivity contribution in [1.82, 2.24) is 5.32 Å². The Morgan fingerprint density at radius 3 is 2.38 bits per heavy atom. The van der Waals surface area contributed by atoms with Gasteiger partial charge in [0.25, 0.3) is 11.8 Å². The van der Waals surface area contributed by atoms with E-state index in [0.29, 0.717) is 22.7 Å². The number of anilines is 2. The first kappa shape index (κ1) is 24.3. The topological polar surface area (TPSA) is 106 Å². The molecule has 34 heavy (non-hydrogen) atoms. The van der Waals surface area contributed by atoms with Gasteiger partial charge >= 0.3 is 6.09 Å². The van der Waals surface area contributed by atoms with Crippen LogP contribution in [0.15, 0.2) is 78.9 Å². The minimum absolute atomic E-state index is 0.198. The zero-order valence-electron chi connectivity index (χ0n) is 19.0. The van der Waals surface area contributed by atoms with Crippen LogP contribution in [0, 0.1) is 0 Å². The van der Waals surface area contributed by atoms with Crippen LogP contribution in [0.3, 0.4) is 0 Å². The van der Waals surface area contributed by atoms with Gasteiger partial charge in [0, 0.05) is 11.8 Å². The second-order valence-electron chi connectivity index (χ2n) is 7.36. The van der Waals surface area contributed by atoms with E-state index in [9.17, 15) is 14.4 Å². The number of hydrogen-bond donors (Lipinski definition) is 3. The van der Waals surface area contributed by atoms with Crippen LogP contribution in [0.2, 0.25) is 0 Å². The quantitative estimate of drug-likeness (QED) is 0.426. The Labute approximate surface area is 198 Å². The van der Waals surface area contributed by atoms with Gasteiger partial charge in [-0.1, -0.05) is 48.5 Å². The second kappa shape index (κ2) is 12.1. The predicted molar refractivity (Wildman–Crippen MR) is 130 cm³/mol. The van der Waals surface area contributed by atoms with Gasteiger partial charge in [0.2, 0.25) is 0 Å². The summed E-state index contributed by atoms with van der Waals surface area (Å²) >= 11 is 0. The lowest BCUT2D eigenvalue weighted by Crippen LogP contribution is -2.28. The monoisotopic (exact) mass is 461 g/mol. The number of nitrogens with one attached hydrogen (secondary N) is 3. The summed E-state index contributed by atoms with van der Waals surface area (Å²) in [5.74, 6) is -0.335. The maximum atomic E-state index is 12.8. The highest BCUT2D eigenvalue weighted by Crippen LogP contribution is 2.20. The molecule has 8 nitrogen and oxygen atoms in total. The van der Waals surface area contributed by atoms with Gasteiger partial charge in [-0.15, -0.1) is 0 Å². The fraction of sp³-hybridized carbons (Fsp3) is 0.192. The first-order valence-electron chi connectivity index (χ1n) is 10.9. The normalized spacial score (nSPS) is 11.1. The van der Waals surface area contributed by atoms with Crippen LogP contribution in [0.4, 0.5) is 16.2 Å². The van der Waals surface area contributed by atoms with E-state index in [0.717, 1.165) is 5.56 Å². The molecule has 176 valence electrons. The molecule has 0 saturated carbocycles. The van der Waals surface area contributed by atoms with E-state index in [1.165, 1.54) is 0 Å². The van der Waals surface area contributed by atoms with E-state index in [-0.39, 0.29) is 25.2 Å². The number of carbonyl (C=O) groups is 3. The fourth-order valence-electron chi connectivity index (χ4n) is 3.17. The third kappa shape index (κ3) is 7.09. The number of amides is 3. The molecule has 0 bridgehead atoms. The largest absolute Gasteiger partial charge is 0.484 e. The average Bonchev–Trinajstić information content (AvgIpc) is 2.84. The van der Waals surface area contributed by atoms with Gasteiger partial charge in [-0.3, -0.25) is 14.9 Å². The fourth-order valence-corrected chi connectivity index (χ4v) is 3.17. The summed E-state index contributed by atoms with van der Waals surface area (Å²) in [4.78, 5) is 36.9. The van der Waals surface area contributed by atoms with E-state index in [4.69, 9.17) is 9.47 Å². The summed E-state index contributed by atoms with van der Waals surface area (Å²) in [5, 5.41) is 8.24. The first-order valence-corrected chi connectivity index (χ1v) is 10.9. The van der Waals surface area contributed by atoms with Gasteiger partial charge in [0.15, 0.2) is 6.61 Å². The van der Waals surface area contributed by atoms with Crippen molar-refractivity contribution in [2.45, 2.75) is 19.9 Å². The molecule has 3 amide bonds. The van der Waals surface area contributed by atoms with Gasteiger partial charge < -0.3 is 20.1 Å². The number of carbonyl (C=O) groups excluding carboxylic acids is 3. The third-order valence-electron chi connectivity index (χ3n) is 4.82. The van der Waals surface area contributed by atoms with Crippen molar-refractivity contribution >= 4 is 29.3 Å². The zero-order chi connectivity index (χ0) is 24.3. The number of rotatable bonds is 9. The summed E-state index contributed by atoms with van der Waals surface area (Å²) in [6.07, 6.45) is -0.575. The van der Waals surface area contributed by atoms with Crippen molar-refractivity contribution in [1.29, 1.82) is 0 Å². The number of benzene rings is 3. The molecule has 3 aromatic rings. The zero-order valence-corrected chi connectivity index (χ0v) is 19.0. The summed E-state index contributed by atoms with van der Waals surface area (Å²) in [6.45, 7) is 3.59. The third-order valence-corrected chi connectivity index (χ3v) is 4.82. The van der Waals surface area contributed by atoms with E-state index < -0.39 is 12.0 Å².